The summed E-state index contributed by atoms with van der Waals surface area (Å²) in [4.78, 5) is 16.8. The lowest BCUT2D eigenvalue weighted by Crippen LogP contribution is -2.38. The van der Waals surface area contributed by atoms with Crippen LogP contribution in [0, 0.1) is 0 Å². The topological polar surface area (TPSA) is 65.4 Å². The Kier molecular flexibility index (Phi) is 4.89. The molecule has 0 radical (unpaired) electrons. The van der Waals surface area contributed by atoms with Gasteiger partial charge in [-0.2, -0.15) is 0 Å². The number of aromatic nitrogens is 2. The molecule has 1 aromatic heterocycles. The molecule has 1 atom stereocenters. The number of hydrogen-bond acceptors (Lipinski definition) is 4. The van der Waals surface area contributed by atoms with Crippen molar-refractivity contribution in [1.29, 1.82) is 0 Å². The van der Waals surface area contributed by atoms with Crippen molar-refractivity contribution < 1.29 is 14.3 Å². The summed E-state index contributed by atoms with van der Waals surface area (Å²) in [5.41, 5.74) is 2.59. The summed E-state index contributed by atoms with van der Waals surface area (Å²) < 4.78 is 13.2. The van der Waals surface area contributed by atoms with Crippen LogP contribution in [0.3, 0.4) is 0 Å². The second-order valence-electron chi connectivity index (χ2n) is 6.43. The van der Waals surface area contributed by atoms with Crippen LogP contribution in [0.4, 0.5) is 0 Å². The van der Waals surface area contributed by atoms with Crippen LogP contribution in [0.15, 0.2) is 60.8 Å². The van der Waals surface area contributed by atoms with Gasteiger partial charge in [-0.15, -0.1) is 0 Å². The van der Waals surface area contributed by atoms with Gasteiger partial charge in [0.2, 0.25) is 0 Å². The van der Waals surface area contributed by atoms with E-state index in [0.29, 0.717) is 25.3 Å². The fraction of sp³-hybridized carbons (Fsp3) is 0.238. The number of fused-ring (bicyclic) bond motifs is 1. The molecule has 3 aromatic rings. The van der Waals surface area contributed by atoms with E-state index >= 15 is 0 Å². The van der Waals surface area contributed by atoms with Crippen LogP contribution in [0.1, 0.15) is 16.2 Å². The molecule has 6 nitrogen and oxygen atoms in total. The Morgan fingerprint density at radius 2 is 2.00 bits per heavy atom. The van der Waals surface area contributed by atoms with E-state index in [0.717, 1.165) is 22.8 Å². The summed E-state index contributed by atoms with van der Waals surface area (Å²) in [6, 6.07) is 17.0. The Morgan fingerprint density at radius 1 is 1.22 bits per heavy atom. The number of benzene rings is 2. The summed E-state index contributed by atoms with van der Waals surface area (Å²) in [7, 11) is 1.65. The van der Waals surface area contributed by atoms with Crippen molar-refractivity contribution in [3.8, 4) is 17.0 Å². The number of amides is 1. The van der Waals surface area contributed by atoms with Gasteiger partial charge in [-0.05, 0) is 36.4 Å². The zero-order valence-electron chi connectivity index (χ0n) is 15.1. The first-order chi connectivity index (χ1) is 13.2. The number of carbonyl (C=O) groups is 1. The van der Waals surface area contributed by atoms with Crippen LogP contribution in [-0.2, 0) is 17.9 Å². The van der Waals surface area contributed by atoms with Crippen LogP contribution >= 0.6 is 0 Å². The molecule has 0 bridgehead atoms. The third-order valence-electron chi connectivity index (χ3n) is 4.62. The van der Waals surface area contributed by atoms with Crippen molar-refractivity contribution in [3.63, 3.8) is 0 Å². The summed E-state index contributed by atoms with van der Waals surface area (Å²) >= 11 is 0. The minimum Gasteiger partial charge on any atom is -0.497 e. The first-order valence-corrected chi connectivity index (χ1v) is 8.88. The lowest BCUT2D eigenvalue weighted by atomic mass is 10.1. The van der Waals surface area contributed by atoms with Gasteiger partial charge in [0.15, 0.2) is 0 Å². The smallest absolute Gasteiger partial charge is 0.251 e. The standard InChI is InChI=1S/C21H21N3O3/c1-26-17-9-7-15(8-10-17)19-13-24-12-18(27-14-20(24)23-19)11-22-21(25)16-5-3-2-4-6-16/h2-10,13,18H,11-12,14H2,1H3,(H,22,25)/t18-/m0/s1. The van der Waals surface area contributed by atoms with Gasteiger partial charge in [0.1, 0.15) is 18.2 Å². The molecule has 2 heterocycles. The second-order valence-corrected chi connectivity index (χ2v) is 6.43. The number of nitrogens with zero attached hydrogens (tertiary/aromatic N) is 2. The molecule has 0 fully saturated rings. The molecule has 0 spiro atoms. The van der Waals surface area contributed by atoms with Crippen molar-refractivity contribution >= 4 is 5.91 Å². The molecule has 6 heteroatoms. The molecule has 0 saturated heterocycles. The van der Waals surface area contributed by atoms with E-state index in [1.165, 1.54) is 0 Å². The summed E-state index contributed by atoms with van der Waals surface area (Å²) in [6.45, 7) is 1.55. The number of carbonyl (C=O) groups excluding carboxylic acids is 1. The molecule has 0 saturated carbocycles. The minimum atomic E-state index is -0.0884. The van der Waals surface area contributed by atoms with Gasteiger partial charge in [-0.3, -0.25) is 4.79 Å². The Hall–Kier alpha value is -3.12. The number of imidazole rings is 1. The largest absolute Gasteiger partial charge is 0.497 e. The number of rotatable bonds is 5. The normalized spacial score (nSPS) is 15.8. The number of hydrogen-bond donors (Lipinski definition) is 1. The Bertz CT molecular complexity index is 920. The van der Waals surface area contributed by atoms with E-state index < -0.39 is 0 Å². The SMILES string of the molecule is COc1ccc(-c2cn3c(n2)CO[C@@H](CNC(=O)c2ccccc2)C3)cc1. The van der Waals surface area contributed by atoms with Crippen molar-refractivity contribution in [3.05, 3.63) is 72.2 Å². The Morgan fingerprint density at radius 3 is 2.74 bits per heavy atom. The summed E-state index contributed by atoms with van der Waals surface area (Å²) in [5, 5.41) is 2.94. The first kappa shape index (κ1) is 17.3. The van der Waals surface area contributed by atoms with Gasteiger partial charge in [0, 0.05) is 23.9 Å². The molecule has 1 aliphatic heterocycles. The highest BCUT2D eigenvalue weighted by Crippen LogP contribution is 2.24. The lowest BCUT2D eigenvalue weighted by Gasteiger charge is -2.24. The molecule has 138 valence electrons. The van der Waals surface area contributed by atoms with Crippen LogP contribution in [0.25, 0.3) is 11.3 Å². The van der Waals surface area contributed by atoms with Gasteiger partial charge in [0.05, 0.1) is 25.5 Å². The third kappa shape index (κ3) is 3.85. The minimum absolute atomic E-state index is 0.0805. The maximum atomic E-state index is 12.2. The molecule has 27 heavy (non-hydrogen) atoms. The number of ether oxygens (including phenoxy) is 2. The highest BCUT2D eigenvalue weighted by molar-refractivity contribution is 5.94. The molecular formula is C21H21N3O3. The molecule has 1 N–H and O–H groups in total. The summed E-state index contributed by atoms with van der Waals surface area (Å²) in [5.74, 6) is 1.63. The van der Waals surface area contributed by atoms with Crippen molar-refractivity contribution in [2.75, 3.05) is 13.7 Å². The Labute approximate surface area is 157 Å². The first-order valence-electron chi connectivity index (χ1n) is 8.88. The zero-order valence-corrected chi connectivity index (χ0v) is 15.1. The maximum Gasteiger partial charge on any atom is 0.251 e. The predicted molar refractivity (Wildman–Crippen MR) is 102 cm³/mol. The predicted octanol–water partition coefficient (Wildman–Crippen LogP) is 2.89. The van der Waals surface area contributed by atoms with Gasteiger partial charge < -0.3 is 19.4 Å². The van der Waals surface area contributed by atoms with E-state index in [-0.39, 0.29) is 12.0 Å². The van der Waals surface area contributed by atoms with Gasteiger partial charge >= 0.3 is 0 Å². The number of methoxy groups -OCH3 is 1. The number of nitrogens with one attached hydrogen (secondary N) is 1. The van der Waals surface area contributed by atoms with Crippen LogP contribution < -0.4 is 10.1 Å². The highest BCUT2D eigenvalue weighted by atomic mass is 16.5. The van der Waals surface area contributed by atoms with Crippen molar-refractivity contribution in [2.24, 2.45) is 0 Å². The van der Waals surface area contributed by atoms with E-state index in [1.54, 1.807) is 19.2 Å². The van der Waals surface area contributed by atoms with Gasteiger partial charge in [-0.25, -0.2) is 4.98 Å². The van der Waals surface area contributed by atoms with Crippen LogP contribution in [-0.4, -0.2) is 35.2 Å². The molecule has 4 rings (SSSR count). The second kappa shape index (κ2) is 7.63. The summed E-state index contributed by atoms with van der Waals surface area (Å²) in [6.07, 6.45) is 1.95. The average Bonchev–Trinajstić information content (AvgIpc) is 3.16. The van der Waals surface area contributed by atoms with Gasteiger partial charge in [-0.1, -0.05) is 18.2 Å². The fourth-order valence-corrected chi connectivity index (χ4v) is 3.11. The third-order valence-corrected chi connectivity index (χ3v) is 4.62. The van der Waals surface area contributed by atoms with Crippen LogP contribution in [0.5, 0.6) is 5.75 Å². The monoisotopic (exact) mass is 363 g/mol. The average molecular weight is 363 g/mol. The van der Waals surface area contributed by atoms with Crippen molar-refractivity contribution in [2.45, 2.75) is 19.3 Å². The molecule has 1 aliphatic rings. The van der Waals surface area contributed by atoms with Crippen LogP contribution in [0.2, 0.25) is 0 Å². The lowest BCUT2D eigenvalue weighted by molar-refractivity contribution is 0.00327. The molecule has 1 amide bonds. The van der Waals surface area contributed by atoms with Crippen molar-refractivity contribution in [1.82, 2.24) is 14.9 Å². The molecule has 0 unspecified atom stereocenters. The molecule has 2 aromatic carbocycles. The van der Waals surface area contributed by atoms with E-state index in [9.17, 15) is 4.79 Å². The van der Waals surface area contributed by atoms with E-state index in [4.69, 9.17) is 9.47 Å². The maximum absolute atomic E-state index is 12.2. The van der Waals surface area contributed by atoms with E-state index in [1.807, 2.05) is 48.7 Å². The zero-order chi connectivity index (χ0) is 18.6. The van der Waals surface area contributed by atoms with E-state index in [2.05, 4.69) is 14.9 Å². The quantitative estimate of drug-likeness (QED) is 0.757. The van der Waals surface area contributed by atoms with Gasteiger partial charge in [0.25, 0.3) is 5.91 Å². The fourth-order valence-electron chi connectivity index (χ4n) is 3.11. The molecule has 0 aliphatic carbocycles. The Balaban J connectivity index is 1.39. The highest BCUT2D eigenvalue weighted by Gasteiger charge is 2.22. The molecular weight excluding hydrogens is 342 g/mol.